The van der Waals surface area contributed by atoms with Gasteiger partial charge in [0.15, 0.2) is 6.10 Å². The highest BCUT2D eigenvalue weighted by Crippen LogP contribution is 2.31. The van der Waals surface area contributed by atoms with Crippen molar-refractivity contribution in [3.8, 4) is 0 Å². The van der Waals surface area contributed by atoms with E-state index in [2.05, 4.69) is 12.2 Å². The average molecular weight is 360 g/mol. The lowest BCUT2D eigenvalue weighted by atomic mass is 9.97. The summed E-state index contributed by atoms with van der Waals surface area (Å²) in [6.45, 7) is 3.99. The molecule has 0 bridgehead atoms. The number of benzene rings is 1. The zero-order chi connectivity index (χ0) is 19.1. The van der Waals surface area contributed by atoms with E-state index in [4.69, 9.17) is 4.74 Å². The number of carbonyl (C=O) groups is 3. The second kappa shape index (κ2) is 9.48. The van der Waals surface area contributed by atoms with Crippen LogP contribution in [0.2, 0.25) is 0 Å². The van der Waals surface area contributed by atoms with Crippen molar-refractivity contribution in [2.75, 3.05) is 23.9 Å². The minimum Gasteiger partial charge on any atom is -0.360 e. The van der Waals surface area contributed by atoms with Gasteiger partial charge in [-0.3, -0.25) is 14.4 Å². The van der Waals surface area contributed by atoms with Gasteiger partial charge in [0.2, 0.25) is 11.7 Å². The van der Waals surface area contributed by atoms with Crippen LogP contribution in [0, 0.1) is 0 Å². The van der Waals surface area contributed by atoms with Crippen molar-refractivity contribution >= 4 is 29.0 Å². The van der Waals surface area contributed by atoms with E-state index in [1.807, 2.05) is 0 Å². The van der Waals surface area contributed by atoms with Crippen LogP contribution in [0.3, 0.4) is 0 Å². The Morgan fingerprint density at radius 1 is 1.15 bits per heavy atom. The van der Waals surface area contributed by atoms with Gasteiger partial charge in [-0.05, 0) is 24.6 Å². The van der Waals surface area contributed by atoms with E-state index in [1.54, 1.807) is 25.2 Å². The quantitative estimate of drug-likeness (QED) is 0.540. The molecule has 142 valence electrons. The molecule has 2 rings (SSSR count). The second-order valence-electron chi connectivity index (χ2n) is 6.69. The van der Waals surface area contributed by atoms with E-state index in [0.717, 1.165) is 19.3 Å². The maximum Gasteiger partial charge on any atom is 0.263 e. The summed E-state index contributed by atoms with van der Waals surface area (Å²) in [5, 5.41) is 2.66. The number of rotatable bonds is 9. The van der Waals surface area contributed by atoms with Crippen LogP contribution in [-0.2, 0) is 14.3 Å². The molecular weight excluding hydrogens is 332 g/mol. The Labute approximate surface area is 154 Å². The third kappa shape index (κ3) is 4.91. The maximum atomic E-state index is 12.7. The van der Waals surface area contributed by atoms with Crippen LogP contribution < -0.4 is 10.2 Å². The Morgan fingerprint density at radius 2 is 1.85 bits per heavy atom. The third-order valence-corrected chi connectivity index (χ3v) is 4.52. The molecule has 0 saturated heterocycles. The van der Waals surface area contributed by atoms with Crippen molar-refractivity contribution in [3.63, 3.8) is 0 Å². The number of nitrogens with zero attached hydrogens (tertiary/aromatic N) is 1. The molecular formula is C20H28N2O4. The van der Waals surface area contributed by atoms with Crippen LogP contribution in [0.25, 0.3) is 0 Å². The molecule has 1 atom stereocenters. The summed E-state index contributed by atoms with van der Waals surface area (Å²) in [6, 6.07) is 4.93. The molecule has 0 radical (unpaired) electrons. The topological polar surface area (TPSA) is 75.7 Å². The molecule has 0 aliphatic carbocycles. The zero-order valence-electron chi connectivity index (χ0n) is 15.8. The minimum absolute atomic E-state index is 0.207. The minimum atomic E-state index is -1.07. The molecule has 1 unspecified atom stereocenters. The Balaban J connectivity index is 1.99. The fraction of sp³-hybridized carbons (Fsp3) is 0.550. The molecule has 26 heavy (non-hydrogen) atoms. The summed E-state index contributed by atoms with van der Waals surface area (Å²) in [5.41, 5.74) is 1.48. The first-order chi connectivity index (χ1) is 12.5. The summed E-state index contributed by atoms with van der Waals surface area (Å²) in [4.78, 5) is 37.8. The Hall–Kier alpha value is -2.21. The monoisotopic (exact) mass is 360 g/mol. The standard InChI is InChI=1S/C20H28N2O4/c1-4-5-6-7-8-9-12-26-19-18(24)16-11-10-15(21-14(2)23)13-17(16)22(3)20(19)25/h10-11,13,19H,4-9,12H2,1-3H3,(H,21,23). The van der Waals surface area contributed by atoms with E-state index in [1.165, 1.54) is 31.1 Å². The maximum absolute atomic E-state index is 12.7. The number of Topliss-reactive ketones (excluding diaryl/α,β-unsaturated/α-hetero) is 1. The fourth-order valence-electron chi connectivity index (χ4n) is 3.08. The van der Waals surface area contributed by atoms with Crippen LogP contribution >= 0.6 is 0 Å². The van der Waals surface area contributed by atoms with Crippen molar-refractivity contribution < 1.29 is 19.1 Å². The van der Waals surface area contributed by atoms with Crippen molar-refractivity contribution in [1.82, 2.24) is 0 Å². The molecule has 1 aliphatic rings. The van der Waals surface area contributed by atoms with Gasteiger partial charge < -0.3 is 15.0 Å². The van der Waals surface area contributed by atoms with Crippen LogP contribution in [0.1, 0.15) is 62.7 Å². The smallest absolute Gasteiger partial charge is 0.263 e. The van der Waals surface area contributed by atoms with E-state index in [-0.39, 0.29) is 17.6 Å². The van der Waals surface area contributed by atoms with E-state index in [0.29, 0.717) is 23.5 Å². The Bertz CT molecular complexity index is 672. The first kappa shape index (κ1) is 20.1. The molecule has 1 aromatic carbocycles. The lowest BCUT2D eigenvalue weighted by molar-refractivity contribution is -0.127. The van der Waals surface area contributed by atoms with Gasteiger partial charge in [0.1, 0.15) is 0 Å². The number of ether oxygens (including phenoxy) is 1. The third-order valence-electron chi connectivity index (χ3n) is 4.52. The van der Waals surface area contributed by atoms with Crippen LogP contribution in [0.4, 0.5) is 11.4 Å². The molecule has 0 spiro atoms. The van der Waals surface area contributed by atoms with Crippen LogP contribution in [-0.4, -0.2) is 37.4 Å². The number of fused-ring (bicyclic) bond motifs is 1. The predicted molar refractivity (Wildman–Crippen MR) is 102 cm³/mol. The van der Waals surface area contributed by atoms with E-state index < -0.39 is 6.10 Å². The second-order valence-corrected chi connectivity index (χ2v) is 6.69. The van der Waals surface area contributed by atoms with Crippen molar-refractivity contribution in [2.24, 2.45) is 0 Å². The Kier molecular flexibility index (Phi) is 7.33. The average Bonchev–Trinajstić information content (AvgIpc) is 2.61. The SMILES string of the molecule is CCCCCCCCOC1C(=O)c2ccc(NC(C)=O)cc2N(C)C1=O. The van der Waals surface area contributed by atoms with Crippen molar-refractivity contribution in [2.45, 2.75) is 58.5 Å². The summed E-state index contributed by atoms with van der Waals surface area (Å²) in [5.74, 6) is -0.891. The molecule has 1 N–H and O–H groups in total. The van der Waals surface area contributed by atoms with Gasteiger partial charge in [-0.15, -0.1) is 0 Å². The summed E-state index contributed by atoms with van der Waals surface area (Å²) in [7, 11) is 1.62. The number of anilines is 2. The molecule has 6 heteroatoms. The highest BCUT2D eigenvalue weighted by molar-refractivity contribution is 6.24. The van der Waals surface area contributed by atoms with Gasteiger partial charge in [-0.1, -0.05) is 39.0 Å². The van der Waals surface area contributed by atoms with Gasteiger partial charge in [0.05, 0.1) is 5.69 Å². The number of hydrogen-bond donors (Lipinski definition) is 1. The number of amides is 2. The lowest BCUT2D eigenvalue weighted by Crippen LogP contribution is -2.47. The molecule has 6 nitrogen and oxygen atoms in total. The largest absolute Gasteiger partial charge is 0.360 e. The normalized spacial score (nSPS) is 16.6. The molecule has 1 heterocycles. The van der Waals surface area contributed by atoms with Crippen molar-refractivity contribution in [1.29, 1.82) is 0 Å². The van der Waals surface area contributed by atoms with Gasteiger partial charge in [-0.25, -0.2) is 0 Å². The zero-order valence-corrected chi connectivity index (χ0v) is 15.8. The van der Waals surface area contributed by atoms with Gasteiger partial charge in [-0.2, -0.15) is 0 Å². The highest BCUT2D eigenvalue weighted by Gasteiger charge is 2.38. The highest BCUT2D eigenvalue weighted by atomic mass is 16.5. The predicted octanol–water partition coefficient (Wildman–Crippen LogP) is 3.55. The van der Waals surface area contributed by atoms with Crippen LogP contribution in [0.5, 0.6) is 0 Å². The first-order valence-corrected chi connectivity index (χ1v) is 9.30. The number of ketones is 1. The lowest BCUT2D eigenvalue weighted by Gasteiger charge is -2.30. The van der Waals surface area contributed by atoms with E-state index in [9.17, 15) is 14.4 Å². The van der Waals surface area contributed by atoms with Crippen LogP contribution in [0.15, 0.2) is 18.2 Å². The molecule has 2 amide bonds. The van der Waals surface area contributed by atoms with Gasteiger partial charge in [0, 0.05) is 31.8 Å². The number of likely N-dealkylation sites (N-methyl/N-ethyl adjacent to an activating group) is 1. The number of carbonyl (C=O) groups excluding carboxylic acids is 3. The van der Waals surface area contributed by atoms with E-state index >= 15 is 0 Å². The van der Waals surface area contributed by atoms with Crippen molar-refractivity contribution in [3.05, 3.63) is 23.8 Å². The number of hydrogen-bond acceptors (Lipinski definition) is 4. The Morgan fingerprint density at radius 3 is 2.54 bits per heavy atom. The summed E-state index contributed by atoms with van der Waals surface area (Å²) in [6.07, 6.45) is 5.62. The van der Waals surface area contributed by atoms with Gasteiger partial charge in [0.25, 0.3) is 5.91 Å². The molecule has 0 aromatic heterocycles. The molecule has 1 aromatic rings. The molecule has 1 aliphatic heterocycles. The fourth-order valence-corrected chi connectivity index (χ4v) is 3.08. The molecule has 0 fully saturated rings. The number of unbranched alkanes of at least 4 members (excludes halogenated alkanes) is 5. The first-order valence-electron chi connectivity index (χ1n) is 9.30. The van der Waals surface area contributed by atoms with Gasteiger partial charge >= 0.3 is 0 Å². The number of nitrogens with one attached hydrogen (secondary N) is 1. The summed E-state index contributed by atoms with van der Waals surface area (Å²) < 4.78 is 5.63. The summed E-state index contributed by atoms with van der Waals surface area (Å²) >= 11 is 0. The molecule has 0 saturated carbocycles.